The molecule has 0 N–H and O–H groups in total. The molecule has 0 aromatic heterocycles. The molecule has 1 aromatic rings. The lowest BCUT2D eigenvalue weighted by molar-refractivity contribution is 0.0934. The first-order valence-corrected chi connectivity index (χ1v) is 4.45. The highest BCUT2D eigenvalue weighted by molar-refractivity contribution is 6.02. The first-order valence-electron chi connectivity index (χ1n) is 4.45. The molecule has 0 aliphatic heterocycles. The van der Waals surface area contributed by atoms with Crippen molar-refractivity contribution >= 4 is 5.78 Å². The van der Waals surface area contributed by atoms with E-state index in [0.717, 1.165) is 18.4 Å². The number of rotatable bonds is 1. The molecule has 1 aliphatic rings. The fourth-order valence-corrected chi connectivity index (χ4v) is 1.85. The lowest BCUT2D eigenvalue weighted by Crippen LogP contribution is -2.06. The molecule has 0 heterocycles. The van der Waals surface area contributed by atoms with Crippen LogP contribution in [0.1, 0.15) is 29.3 Å². The topological polar surface area (TPSA) is 17.1 Å². The van der Waals surface area contributed by atoms with Gasteiger partial charge in [-0.05, 0) is 18.4 Å². The minimum absolute atomic E-state index is 0.252. The summed E-state index contributed by atoms with van der Waals surface area (Å²) in [5.74, 6) is 0.593. The largest absolute Gasteiger partial charge is 0.294 e. The zero-order valence-corrected chi connectivity index (χ0v) is 7.21. The summed E-state index contributed by atoms with van der Waals surface area (Å²) in [6, 6.07) is 7.94. The average Bonchev–Trinajstić information content (AvgIpc) is 2.44. The van der Waals surface area contributed by atoms with Crippen LogP contribution in [0.5, 0.6) is 0 Å². The molecule has 1 atom stereocenters. The van der Waals surface area contributed by atoms with Gasteiger partial charge in [0.05, 0.1) is 0 Å². The Kier molecular flexibility index (Phi) is 1.72. The van der Waals surface area contributed by atoms with Crippen LogP contribution >= 0.6 is 0 Å². The van der Waals surface area contributed by atoms with Crippen LogP contribution in [-0.2, 0) is 6.42 Å². The Balaban J connectivity index is 2.42. The van der Waals surface area contributed by atoms with Crippen molar-refractivity contribution in [1.82, 2.24) is 0 Å². The van der Waals surface area contributed by atoms with Crippen molar-refractivity contribution in [3.8, 4) is 0 Å². The Morgan fingerprint density at radius 2 is 2.17 bits per heavy atom. The molecule has 0 saturated heterocycles. The summed E-state index contributed by atoms with van der Waals surface area (Å²) in [5, 5.41) is 0. The summed E-state index contributed by atoms with van der Waals surface area (Å²) >= 11 is 0. The Morgan fingerprint density at radius 3 is 2.83 bits per heavy atom. The molecule has 0 bridgehead atoms. The van der Waals surface area contributed by atoms with Crippen LogP contribution in [0.25, 0.3) is 0 Å². The van der Waals surface area contributed by atoms with E-state index in [0.29, 0.717) is 5.78 Å². The SMILES string of the molecule is CC[C@@H]1Cc2ccccc2C1=O. The molecule has 0 saturated carbocycles. The van der Waals surface area contributed by atoms with E-state index < -0.39 is 0 Å². The monoisotopic (exact) mass is 160 g/mol. The lowest BCUT2D eigenvalue weighted by Gasteiger charge is -2.00. The van der Waals surface area contributed by atoms with Crippen molar-refractivity contribution in [1.29, 1.82) is 0 Å². The molecule has 0 spiro atoms. The second-order valence-electron chi connectivity index (χ2n) is 3.33. The van der Waals surface area contributed by atoms with Gasteiger partial charge >= 0.3 is 0 Å². The van der Waals surface area contributed by atoms with Crippen LogP contribution in [0.15, 0.2) is 24.3 Å². The third-order valence-electron chi connectivity index (χ3n) is 2.61. The molecule has 2 rings (SSSR count). The molecule has 0 amide bonds. The van der Waals surface area contributed by atoms with E-state index in [9.17, 15) is 4.79 Å². The fourth-order valence-electron chi connectivity index (χ4n) is 1.85. The molecule has 12 heavy (non-hydrogen) atoms. The zero-order valence-electron chi connectivity index (χ0n) is 7.21. The van der Waals surface area contributed by atoms with Gasteiger partial charge in [-0.1, -0.05) is 31.2 Å². The minimum atomic E-state index is 0.252. The van der Waals surface area contributed by atoms with Gasteiger partial charge in [-0.2, -0.15) is 0 Å². The highest BCUT2D eigenvalue weighted by Gasteiger charge is 2.27. The summed E-state index contributed by atoms with van der Waals surface area (Å²) in [7, 11) is 0. The maximum atomic E-state index is 11.6. The van der Waals surface area contributed by atoms with Gasteiger partial charge in [-0.25, -0.2) is 0 Å². The van der Waals surface area contributed by atoms with Crippen molar-refractivity contribution in [3.63, 3.8) is 0 Å². The van der Waals surface area contributed by atoms with Crippen LogP contribution in [0, 0.1) is 5.92 Å². The van der Waals surface area contributed by atoms with Gasteiger partial charge in [0, 0.05) is 11.5 Å². The van der Waals surface area contributed by atoms with Crippen LogP contribution in [0.3, 0.4) is 0 Å². The van der Waals surface area contributed by atoms with Crippen molar-refractivity contribution in [2.75, 3.05) is 0 Å². The van der Waals surface area contributed by atoms with E-state index in [1.54, 1.807) is 0 Å². The summed E-state index contributed by atoms with van der Waals surface area (Å²) in [5.41, 5.74) is 2.18. The number of benzene rings is 1. The number of hydrogen-bond acceptors (Lipinski definition) is 1. The van der Waals surface area contributed by atoms with E-state index >= 15 is 0 Å². The highest BCUT2D eigenvalue weighted by Crippen LogP contribution is 2.27. The Labute approximate surface area is 72.4 Å². The lowest BCUT2D eigenvalue weighted by atomic mass is 10.0. The predicted octanol–water partition coefficient (Wildman–Crippen LogP) is 2.45. The molecule has 1 aliphatic carbocycles. The number of Topliss-reactive ketones (excluding diaryl/α,β-unsaturated/α-hetero) is 1. The van der Waals surface area contributed by atoms with Crippen molar-refractivity contribution in [2.45, 2.75) is 19.8 Å². The van der Waals surface area contributed by atoms with Crippen molar-refractivity contribution in [2.24, 2.45) is 5.92 Å². The van der Waals surface area contributed by atoms with Gasteiger partial charge in [0.2, 0.25) is 0 Å². The van der Waals surface area contributed by atoms with Crippen LogP contribution in [-0.4, -0.2) is 5.78 Å². The molecule has 0 fully saturated rings. The summed E-state index contributed by atoms with van der Waals surface area (Å²) in [6.45, 7) is 2.08. The fraction of sp³-hybridized carbons (Fsp3) is 0.364. The highest BCUT2D eigenvalue weighted by atomic mass is 16.1. The third kappa shape index (κ3) is 0.970. The normalized spacial score (nSPS) is 21.1. The van der Waals surface area contributed by atoms with E-state index in [4.69, 9.17) is 0 Å². The van der Waals surface area contributed by atoms with Gasteiger partial charge in [0.15, 0.2) is 5.78 Å². The van der Waals surface area contributed by atoms with E-state index in [-0.39, 0.29) is 5.92 Å². The van der Waals surface area contributed by atoms with Gasteiger partial charge in [-0.3, -0.25) is 4.79 Å². The smallest absolute Gasteiger partial charge is 0.166 e. The predicted molar refractivity (Wildman–Crippen MR) is 48.3 cm³/mol. The van der Waals surface area contributed by atoms with Gasteiger partial charge in [-0.15, -0.1) is 0 Å². The molecule has 62 valence electrons. The number of hydrogen-bond donors (Lipinski definition) is 0. The molecular formula is C11H12O. The van der Waals surface area contributed by atoms with Crippen LogP contribution < -0.4 is 0 Å². The maximum absolute atomic E-state index is 11.6. The standard InChI is InChI=1S/C11H12O/c1-2-8-7-9-5-3-4-6-10(9)11(8)12/h3-6,8H,2,7H2,1H3/t8-/m1/s1. The number of ketones is 1. The van der Waals surface area contributed by atoms with E-state index in [1.807, 2.05) is 18.2 Å². The van der Waals surface area contributed by atoms with Gasteiger partial charge in [0.1, 0.15) is 0 Å². The summed E-state index contributed by atoms with van der Waals surface area (Å²) in [4.78, 5) is 11.6. The number of carbonyl (C=O) groups excluding carboxylic acids is 1. The average molecular weight is 160 g/mol. The quantitative estimate of drug-likeness (QED) is 0.616. The van der Waals surface area contributed by atoms with E-state index in [2.05, 4.69) is 13.0 Å². The second kappa shape index (κ2) is 2.74. The molecule has 1 heteroatoms. The number of carbonyl (C=O) groups is 1. The molecular weight excluding hydrogens is 148 g/mol. The summed E-state index contributed by atoms with van der Waals surface area (Å²) in [6.07, 6.45) is 1.92. The minimum Gasteiger partial charge on any atom is -0.294 e. The van der Waals surface area contributed by atoms with Gasteiger partial charge < -0.3 is 0 Å². The first-order chi connectivity index (χ1) is 5.83. The maximum Gasteiger partial charge on any atom is 0.166 e. The second-order valence-corrected chi connectivity index (χ2v) is 3.33. The van der Waals surface area contributed by atoms with Crippen LogP contribution in [0.4, 0.5) is 0 Å². The van der Waals surface area contributed by atoms with Crippen molar-refractivity contribution in [3.05, 3.63) is 35.4 Å². The van der Waals surface area contributed by atoms with Crippen LogP contribution in [0.2, 0.25) is 0 Å². The molecule has 1 nitrogen and oxygen atoms in total. The Morgan fingerprint density at radius 1 is 1.42 bits per heavy atom. The van der Waals surface area contributed by atoms with Gasteiger partial charge in [0.25, 0.3) is 0 Å². The molecule has 0 radical (unpaired) electrons. The molecule has 0 unspecified atom stereocenters. The first kappa shape index (κ1) is 7.53. The summed E-state index contributed by atoms with van der Waals surface area (Å²) < 4.78 is 0. The number of fused-ring (bicyclic) bond motifs is 1. The zero-order chi connectivity index (χ0) is 8.55. The Bertz CT molecular complexity index is 315. The third-order valence-corrected chi connectivity index (χ3v) is 2.61. The van der Waals surface area contributed by atoms with Crippen molar-refractivity contribution < 1.29 is 4.79 Å². The Hall–Kier alpha value is -1.11. The molecule has 1 aromatic carbocycles. The van der Waals surface area contributed by atoms with E-state index in [1.165, 1.54) is 5.56 Å².